The molecule has 3 heterocycles. The summed E-state index contributed by atoms with van der Waals surface area (Å²) in [5.41, 5.74) is 5.79. The minimum atomic E-state index is -0.312. The van der Waals surface area contributed by atoms with E-state index in [4.69, 9.17) is 15.6 Å². The lowest BCUT2D eigenvalue weighted by molar-refractivity contribution is 0.0560. The van der Waals surface area contributed by atoms with Crippen LogP contribution in [-0.4, -0.2) is 69.2 Å². The molecule has 2 N–H and O–H groups in total. The van der Waals surface area contributed by atoms with Gasteiger partial charge in [-0.1, -0.05) is 19.1 Å². The Kier molecular flexibility index (Phi) is 5.98. The molecule has 9 nitrogen and oxygen atoms in total. The summed E-state index contributed by atoms with van der Waals surface area (Å²) < 4.78 is 6.70. The number of aryl methyl sites for hydroxylation is 1. The van der Waals surface area contributed by atoms with Crippen molar-refractivity contribution >= 4 is 33.9 Å². The van der Waals surface area contributed by atoms with E-state index in [0.717, 1.165) is 45.2 Å². The molecule has 1 saturated heterocycles. The number of hydrogen-bond acceptors (Lipinski definition) is 6. The Morgan fingerprint density at radius 2 is 1.77 bits per heavy atom. The molecule has 9 heteroatoms. The summed E-state index contributed by atoms with van der Waals surface area (Å²) in [5.74, 6) is 5.91. The van der Waals surface area contributed by atoms with E-state index in [2.05, 4.69) is 4.98 Å². The molecular formula is C26H28N6O3. The fraction of sp³-hybridized carbons (Fsp3) is 0.308. The van der Waals surface area contributed by atoms with Gasteiger partial charge in [0.25, 0.3) is 5.91 Å². The highest BCUT2D eigenvalue weighted by Gasteiger charge is 2.26. The number of piperazine rings is 1. The number of amides is 2. The lowest BCUT2D eigenvalue weighted by atomic mass is 10.0. The number of fused-ring (bicyclic) bond motifs is 2. The van der Waals surface area contributed by atoms with Gasteiger partial charge in [0, 0.05) is 42.7 Å². The first kappa shape index (κ1) is 22.6. The van der Waals surface area contributed by atoms with E-state index in [1.54, 1.807) is 16.1 Å². The van der Waals surface area contributed by atoms with Crippen LogP contribution >= 0.6 is 0 Å². The highest BCUT2D eigenvalue weighted by Crippen LogP contribution is 2.27. The van der Waals surface area contributed by atoms with Crippen molar-refractivity contribution in [1.29, 1.82) is 0 Å². The lowest BCUT2D eigenvalue weighted by Crippen LogP contribution is -2.50. The Balaban J connectivity index is 1.38. The van der Waals surface area contributed by atoms with E-state index in [1.165, 1.54) is 4.68 Å². The van der Waals surface area contributed by atoms with Gasteiger partial charge >= 0.3 is 6.09 Å². The Morgan fingerprint density at radius 3 is 2.54 bits per heavy atom. The third-order valence-electron chi connectivity index (χ3n) is 6.39. The maximum absolute atomic E-state index is 13.2. The second-order valence-electron chi connectivity index (χ2n) is 8.81. The minimum absolute atomic E-state index is 0.0632. The van der Waals surface area contributed by atoms with Gasteiger partial charge < -0.3 is 20.4 Å². The van der Waals surface area contributed by atoms with Crippen LogP contribution in [0, 0.1) is 6.92 Å². The van der Waals surface area contributed by atoms with Gasteiger partial charge in [0.2, 0.25) is 0 Å². The number of pyridine rings is 1. The summed E-state index contributed by atoms with van der Waals surface area (Å²) in [6, 6.07) is 13.6. The second-order valence-corrected chi connectivity index (χ2v) is 8.81. The maximum atomic E-state index is 13.2. The van der Waals surface area contributed by atoms with Crippen LogP contribution < -0.4 is 5.84 Å². The Hall–Kier alpha value is -4.14. The number of nitrogen functional groups attached to an aromatic ring is 1. The summed E-state index contributed by atoms with van der Waals surface area (Å²) >= 11 is 0. The molecule has 180 valence electrons. The molecule has 35 heavy (non-hydrogen) atoms. The molecular weight excluding hydrogens is 444 g/mol. The monoisotopic (exact) mass is 472 g/mol. The van der Waals surface area contributed by atoms with Crippen molar-refractivity contribution in [2.75, 3.05) is 38.6 Å². The number of benzene rings is 2. The summed E-state index contributed by atoms with van der Waals surface area (Å²) in [4.78, 5) is 37.9. The number of nitrogens with zero attached hydrogens (tertiary/aromatic N) is 5. The molecule has 4 aromatic rings. The first-order chi connectivity index (χ1) is 16.9. The van der Waals surface area contributed by atoms with Crippen LogP contribution in [0.2, 0.25) is 0 Å². The molecule has 0 unspecified atom stereocenters. The molecule has 0 spiro atoms. The summed E-state index contributed by atoms with van der Waals surface area (Å²) in [6.07, 6.45) is 2.06. The number of carbonyl (C=O) groups is 2. The zero-order valence-electron chi connectivity index (χ0n) is 19.9. The molecule has 2 amide bonds. The van der Waals surface area contributed by atoms with E-state index in [-0.39, 0.29) is 12.0 Å². The summed E-state index contributed by atoms with van der Waals surface area (Å²) in [5, 5.41) is 0.999. The summed E-state index contributed by atoms with van der Waals surface area (Å²) in [7, 11) is 0. The van der Waals surface area contributed by atoms with Crippen molar-refractivity contribution < 1.29 is 14.3 Å². The van der Waals surface area contributed by atoms with Gasteiger partial charge in [0.15, 0.2) is 0 Å². The van der Waals surface area contributed by atoms with Crippen molar-refractivity contribution in [1.82, 2.24) is 24.4 Å². The largest absolute Gasteiger partial charge is 0.449 e. The predicted molar refractivity (Wildman–Crippen MR) is 134 cm³/mol. The quantitative estimate of drug-likeness (QED) is 0.455. The Morgan fingerprint density at radius 1 is 1.00 bits per heavy atom. The van der Waals surface area contributed by atoms with Crippen LogP contribution in [0.4, 0.5) is 4.79 Å². The van der Waals surface area contributed by atoms with Crippen molar-refractivity contribution in [3.05, 3.63) is 59.9 Å². The molecule has 2 aromatic carbocycles. The average Bonchev–Trinajstić information content (AvgIpc) is 3.26. The summed E-state index contributed by atoms with van der Waals surface area (Å²) in [6.45, 7) is 6.27. The Bertz CT molecular complexity index is 1420. The third-order valence-corrected chi connectivity index (χ3v) is 6.39. The van der Waals surface area contributed by atoms with Gasteiger partial charge in [0.1, 0.15) is 6.33 Å². The van der Waals surface area contributed by atoms with Crippen molar-refractivity contribution in [2.45, 2.75) is 20.3 Å². The minimum Gasteiger partial charge on any atom is -0.449 e. The average molecular weight is 473 g/mol. The standard InChI is InChI=1S/C26H28N6O3/c1-3-12-35-26(34)31-10-8-30(9-11-31)25(33)19-4-6-20-17(2)13-22(29-23(20)14-19)18-5-7-21-24(15-18)32(27)16-28-21/h4-7,13-16H,3,8-12,27H2,1-2H3. The lowest BCUT2D eigenvalue weighted by Gasteiger charge is -2.34. The Labute approximate surface area is 203 Å². The number of carbonyl (C=O) groups excluding carboxylic acids is 2. The number of hydrogen-bond donors (Lipinski definition) is 1. The van der Waals surface area contributed by atoms with Gasteiger partial charge in [0.05, 0.1) is 28.9 Å². The highest BCUT2D eigenvalue weighted by molar-refractivity contribution is 5.99. The number of aromatic nitrogens is 3. The van der Waals surface area contributed by atoms with Gasteiger partial charge in [-0.15, -0.1) is 0 Å². The van der Waals surface area contributed by atoms with Gasteiger partial charge in [-0.2, -0.15) is 0 Å². The molecule has 0 saturated carbocycles. The van der Waals surface area contributed by atoms with Crippen LogP contribution in [0.15, 0.2) is 48.8 Å². The normalized spacial score (nSPS) is 14.0. The van der Waals surface area contributed by atoms with Crippen molar-refractivity contribution in [3.63, 3.8) is 0 Å². The van der Waals surface area contributed by atoms with Crippen LogP contribution in [0.3, 0.4) is 0 Å². The maximum Gasteiger partial charge on any atom is 0.409 e. The van der Waals surface area contributed by atoms with Gasteiger partial charge in [-0.05, 0) is 49.2 Å². The number of rotatable bonds is 4. The van der Waals surface area contributed by atoms with Crippen LogP contribution in [0.1, 0.15) is 29.3 Å². The molecule has 0 radical (unpaired) electrons. The van der Waals surface area contributed by atoms with Crippen molar-refractivity contribution in [3.8, 4) is 11.3 Å². The number of imidazole rings is 1. The SMILES string of the molecule is CCCOC(=O)N1CCN(C(=O)c2ccc3c(C)cc(-c4ccc5ncn(N)c5c4)nc3c2)CC1. The smallest absolute Gasteiger partial charge is 0.409 e. The van der Waals surface area contributed by atoms with E-state index in [0.29, 0.717) is 38.3 Å². The van der Waals surface area contributed by atoms with Crippen molar-refractivity contribution in [2.24, 2.45) is 0 Å². The fourth-order valence-corrected chi connectivity index (χ4v) is 4.42. The van der Waals surface area contributed by atoms with Gasteiger partial charge in [-0.3, -0.25) is 4.79 Å². The third kappa shape index (κ3) is 4.37. The molecule has 1 aliphatic rings. The van der Waals surface area contributed by atoms with Gasteiger partial charge in [-0.25, -0.2) is 19.4 Å². The topological polar surface area (TPSA) is 107 Å². The fourth-order valence-electron chi connectivity index (χ4n) is 4.42. The van der Waals surface area contributed by atoms with E-state index >= 15 is 0 Å². The zero-order chi connectivity index (χ0) is 24.5. The van der Waals surface area contributed by atoms with E-state index in [1.807, 2.05) is 56.3 Å². The van der Waals surface area contributed by atoms with E-state index in [9.17, 15) is 9.59 Å². The van der Waals surface area contributed by atoms with Crippen LogP contribution in [-0.2, 0) is 4.74 Å². The number of ether oxygens (including phenoxy) is 1. The second kappa shape index (κ2) is 9.25. The molecule has 5 rings (SSSR count). The number of nitrogens with two attached hydrogens (primary N) is 1. The van der Waals surface area contributed by atoms with Crippen LogP contribution in [0.5, 0.6) is 0 Å². The zero-order valence-corrected chi connectivity index (χ0v) is 19.9. The first-order valence-corrected chi connectivity index (χ1v) is 11.8. The molecule has 1 aliphatic heterocycles. The molecule has 2 aromatic heterocycles. The van der Waals surface area contributed by atoms with Crippen LogP contribution in [0.25, 0.3) is 33.2 Å². The van der Waals surface area contributed by atoms with E-state index < -0.39 is 0 Å². The molecule has 0 bridgehead atoms. The molecule has 0 atom stereocenters. The highest BCUT2D eigenvalue weighted by atomic mass is 16.6. The molecule has 0 aliphatic carbocycles. The molecule has 1 fully saturated rings. The first-order valence-electron chi connectivity index (χ1n) is 11.8. The predicted octanol–water partition coefficient (Wildman–Crippen LogP) is 3.58.